The van der Waals surface area contributed by atoms with E-state index in [2.05, 4.69) is 6.92 Å². The van der Waals surface area contributed by atoms with Crippen LogP contribution in [0.15, 0.2) is 48.0 Å². The number of unbranched alkanes of at least 4 members (excludes halogenated alkanes) is 2. The number of carbonyl (C=O) groups is 1. The Morgan fingerprint density at radius 2 is 1.89 bits per heavy atom. The van der Waals surface area contributed by atoms with Crippen LogP contribution in [0.1, 0.15) is 42.9 Å². The Balaban J connectivity index is 2.13. The largest absolute Gasteiger partial charge is 0.421 e. The molecule has 5 heteroatoms. The fraction of sp³-hybridized carbons (Fsp3) is 0.227. The first-order valence-corrected chi connectivity index (χ1v) is 8.70. The Morgan fingerprint density at radius 1 is 1.15 bits per heavy atom. The minimum absolute atomic E-state index is 0.0867. The molecule has 0 bridgehead atoms. The minimum atomic E-state index is -0.896. The summed E-state index contributed by atoms with van der Waals surface area (Å²) in [6, 6.07) is 14.4. The monoisotopic (exact) mass is 362 g/mol. The number of carbonyl (C=O) groups excluding carboxylic acids is 1. The topological polar surface area (TPSA) is 73.9 Å². The SMILES string of the molecule is CCCCCc1ccc(/C=C(\C#N)C(=O)Oc2ccc(F)cc2C#N)cc1. The molecule has 136 valence electrons. The van der Waals surface area contributed by atoms with Crippen molar-refractivity contribution < 1.29 is 13.9 Å². The van der Waals surface area contributed by atoms with Crippen LogP contribution >= 0.6 is 0 Å². The summed E-state index contributed by atoms with van der Waals surface area (Å²) in [6.07, 6.45) is 5.89. The Morgan fingerprint density at radius 3 is 2.52 bits per heavy atom. The van der Waals surface area contributed by atoms with E-state index in [0.717, 1.165) is 31.4 Å². The lowest BCUT2D eigenvalue weighted by molar-refractivity contribution is -0.129. The van der Waals surface area contributed by atoms with Gasteiger partial charge in [0.05, 0.1) is 5.56 Å². The second-order valence-electron chi connectivity index (χ2n) is 6.01. The van der Waals surface area contributed by atoms with Gasteiger partial charge in [-0.1, -0.05) is 44.0 Å². The lowest BCUT2D eigenvalue weighted by atomic mass is 10.0. The van der Waals surface area contributed by atoms with Crippen molar-refractivity contribution in [3.05, 3.63) is 70.5 Å². The molecule has 0 aliphatic heterocycles. The fourth-order valence-electron chi connectivity index (χ4n) is 2.50. The third-order valence-electron chi connectivity index (χ3n) is 3.96. The molecule has 0 saturated heterocycles. The number of nitrogens with zero attached hydrogens (tertiary/aromatic N) is 2. The van der Waals surface area contributed by atoms with Gasteiger partial charge in [0, 0.05) is 0 Å². The molecular weight excluding hydrogens is 343 g/mol. The van der Waals surface area contributed by atoms with Crippen molar-refractivity contribution in [2.24, 2.45) is 0 Å². The zero-order valence-corrected chi connectivity index (χ0v) is 15.0. The van der Waals surface area contributed by atoms with Crippen LogP contribution in [0.4, 0.5) is 4.39 Å². The highest BCUT2D eigenvalue weighted by Gasteiger charge is 2.15. The number of hydrogen-bond donors (Lipinski definition) is 0. The maximum absolute atomic E-state index is 13.2. The second-order valence-corrected chi connectivity index (χ2v) is 6.01. The number of halogens is 1. The van der Waals surface area contributed by atoms with E-state index < -0.39 is 11.8 Å². The van der Waals surface area contributed by atoms with Gasteiger partial charge in [-0.05, 0) is 48.2 Å². The number of hydrogen-bond acceptors (Lipinski definition) is 4. The van der Waals surface area contributed by atoms with Gasteiger partial charge in [-0.25, -0.2) is 9.18 Å². The highest BCUT2D eigenvalue weighted by atomic mass is 19.1. The first-order valence-electron chi connectivity index (χ1n) is 8.70. The van der Waals surface area contributed by atoms with Crippen molar-refractivity contribution in [2.45, 2.75) is 32.6 Å². The Bertz CT molecular complexity index is 919. The number of rotatable bonds is 7. The first kappa shape index (κ1) is 19.9. The minimum Gasteiger partial charge on any atom is -0.421 e. The third-order valence-corrected chi connectivity index (χ3v) is 3.96. The van der Waals surface area contributed by atoms with Crippen LogP contribution in [0, 0.1) is 28.5 Å². The van der Waals surface area contributed by atoms with Crippen molar-refractivity contribution in [1.29, 1.82) is 10.5 Å². The quantitative estimate of drug-likeness (QED) is 0.230. The van der Waals surface area contributed by atoms with Crippen LogP contribution in [0.5, 0.6) is 5.75 Å². The maximum Gasteiger partial charge on any atom is 0.354 e. The number of ether oxygens (including phenoxy) is 1. The molecule has 0 atom stereocenters. The van der Waals surface area contributed by atoms with Crippen LogP contribution in [0.3, 0.4) is 0 Å². The predicted octanol–water partition coefficient (Wildman–Crippen LogP) is 4.94. The highest BCUT2D eigenvalue weighted by Crippen LogP contribution is 2.20. The molecule has 0 heterocycles. The zero-order valence-electron chi connectivity index (χ0n) is 15.0. The van der Waals surface area contributed by atoms with Crippen molar-refractivity contribution in [3.63, 3.8) is 0 Å². The lowest BCUT2D eigenvalue weighted by Crippen LogP contribution is -2.11. The van der Waals surface area contributed by atoms with E-state index in [9.17, 15) is 14.4 Å². The molecule has 0 spiro atoms. The summed E-state index contributed by atoms with van der Waals surface area (Å²) in [7, 11) is 0. The van der Waals surface area contributed by atoms with Crippen LogP contribution in [0.25, 0.3) is 6.08 Å². The van der Waals surface area contributed by atoms with Crippen molar-refractivity contribution in [2.75, 3.05) is 0 Å². The smallest absolute Gasteiger partial charge is 0.354 e. The normalized spacial score (nSPS) is 10.7. The molecule has 4 nitrogen and oxygen atoms in total. The zero-order chi connectivity index (χ0) is 19.6. The molecule has 0 radical (unpaired) electrons. The lowest BCUT2D eigenvalue weighted by Gasteiger charge is -2.06. The molecule has 2 aromatic rings. The van der Waals surface area contributed by atoms with Crippen LogP contribution in [-0.4, -0.2) is 5.97 Å². The second kappa shape index (κ2) is 9.89. The molecule has 0 saturated carbocycles. The highest BCUT2D eigenvalue weighted by molar-refractivity contribution is 5.99. The van der Waals surface area contributed by atoms with Gasteiger partial charge in [-0.2, -0.15) is 10.5 Å². The van der Waals surface area contributed by atoms with Gasteiger partial charge >= 0.3 is 5.97 Å². The Kier molecular flexibility index (Phi) is 7.28. The average Bonchev–Trinajstić information content (AvgIpc) is 2.68. The summed E-state index contributed by atoms with van der Waals surface area (Å²) < 4.78 is 18.2. The molecule has 0 amide bonds. The molecular formula is C22H19FN2O2. The van der Waals surface area contributed by atoms with E-state index in [0.29, 0.717) is 5.56 Å². The molecule has 0 aliphatic carbocycles. The predicted molar refractivity (Wildman–Crippen MR) is 100 cm³/mol. The van der Waals surface area contributed by atoms with Gasteiger partial charge in [0.25, 0.3) is 0 Å². The average molecular weight is 362 g/mol. The van der Waals surface area contributed by atoms with E-state index in [4.69, 9.17) is 10.00 Å². The molecule has 27 heavy (non-hydrogen) atoms. The van der Waals surface area contributed by atoms with Gasteiger partial charge < -0.3 is 4.74 Å². The molecule has 2 aromatic carbocycles. The number of benzene rings is 2. The van der Waals surface area contributed by atoms with Gasteiger partial charge in [0.15, 0.2) is 0 Å². The van der Waals surface area contributed by atoms with E-state index in [1.807, 2.05) is 24.3 Å². The first-order chi connectivity index (χ1) is 13.1. The maximum atomic E-state index is 13.2. The van der Waals surface area contributed by atoms with Crippen molar-refractivity contribution in [3.8, 4) is 17.9 Å². The molecule has 0 aromatic heterocycles. The summed E-state index contributed by atoms with van der Waals surface area (Å²) in [5, 5.41) is 18.3. The van der Waals surface area contributed by atoms with Crippen LogP contribution in [-0.2, 0) is 11.2 Å². The molecule has 0 N–H and O–H groups in total. The van der Waals surface area contributed by atoms with Crippen LogP contribution < -0.4 is 4.74 Å². The van der Waals surface area contributed by atoms with Gasteiger partial charge in [-0.3, -0.25) is 0 Å². The molecule has 2 rings (SSSR count). The van der Waals surface area contributed by atoms with Crippen LogP contribution in [0.2, 0.25) is 0 Å². The number of nitriles is 2. The summed E-state index contributed by atoms with van der Waals surface area (Å²) >= 11 is 0. The Hall–Kier alpha value is -3.44. The number of esters is 1. The van der Waals surface area contributed by atoms with Gasteiger partial charge in [-0.15, -0.1) is 0 Å². The van der Waals surface area contributed by atoms with Gasteiger partial charge in [0.1, 0.15) is 29.3 Å². The van der Waals surface area contributed by atoms with E-state index in [1.165, 1.54) is 24.1 Å². The van der Waals surface area contributed by atoms with Gasteiger partial charge in [0.2, 0.25) is 0 Å². The van der Waals surface area contributed by atoms with Crippen molar-refractivity contribution >= 4 is 12.0 Å². The van der Waals surface area contributed by atoms with E-state index in [1.54, 1.807) is 12.1 Å². The molecule has 0 fully saturated rings. The van der Waals surface area contributed by atoms with E-state index in [-0.39, 0.29) is 16.9 Å². The summed E-state index contributed by atoms with van der Waals surface area (Å²) in [5.74, 6) is -1.59. The summed E-state index contributed by atoms with van der Waals surface area (Å²) in [6.45, 7) is 2.15. The third kappa shape index (κ3) is 5.80. The van der Waals surface area contributed by atoms with E-state index >= 15 is 0 Å². The summed E-state index contributed by atoms with van der Waals surface area (Å²) in [4.78, 5) is 12.2. The number of aryl methyl sites for hydroxylation is 1. The fourth-order valence-corrected chi connectivity index (χ4v) is 2.50. The Labute approximate surface area is 158 Å². The summed E-state index contributed by atoms with van der Waals surface area (Å²) in [5.41, 5.74) is 1.58. The molecule has 0 unspecified atom stereocenters. The molecule has 0 aliphatic rings. The van der Waals surface area contributed by atoms with Crippen molar-refractivity contribution in [1.82, 2.24) is 0 Å². The standard InChI is InChI=1S/C22H19FN2O2/c1-2-3-4-5-16-6-8-17(9-7-16)12-19(15-25)22(26)27-21-11-10-20(23)13-18(21)14-24/h6-13H,2-5H2,1H3/b19-12+.